The molecule has 1 unspecified atom stereocenters. The van der Waals surface area contributed by atoms with Crippen molar-refractivity contribution < 1.29 is 4.74 Å². The van der Waals surface area contributed by atoms with Crippen LogP contribution in [0.15, 0.2) is 24.3 Å². The molecular formula is C18H27NO. The number of para-hydroxylation sites is 1. The Bertz CT molecular complexity index is 450. The predicted molar refractivity (Wildman–Crippen MR) is 83.1 cm³/mol. The van der Waals surface area contributed by atoms with E-state index in [2.05, 4.69) is 30.4 Å². The van der Waals surface area contributed by atoms with Crippen molar-refractivity contribution in [2.24, 2.45) is 5.41 Å². The molecule has 0 saturated heterocycles. The Balaban J connectivity index is 1.68. The maximum Gasteiger partial charge on any atom is 0.123 e. The summed E-state index contributed by atoms with van der Waals surface area (Å²) < 4.78 is 5.50. The minimum atomic E-state index is 0.371. The average molecular weight is 273 g/mol. The number of ether oxygens (including phenoxy) is 1. The van der Waals surface area contributed by atoms with Crippen molar-refractivity contribution >= 4 is 0 Å². The first-order valence-corrected chi connectivity index (χ1v) is 8.14. The maximum atomic E-state index is 5.50. The third-order valence-electron chi connectivity index (χ3n) is 5.58. The minimum Gasteiger partial charge on any atom is -0.496 e. The van der Waals surface area contributed by atoms with Gasteiger partial charge in [-0.1, -0.05) is 37.5 Å². The zero-order valence-corrected chi connectivity index (χ0v) is 12.8. The van der Waals surface area contributed by atoms with Crippen molar-refractivity contribution in [3.63, 3.8) is 0 Å². The van der Waals surface area contributed by atoms with Gasteiger partial charge in [-0.3, -0.25) is 0 Å². The Labute approximate surface area is 122 Å². The van der Waals surface area contributed by atoms with Crippen LogP contribution in [-0.2, 0) is 0 Å². The molecule has 2 saturated carbocycles. The summed E-state index contributed by atoms with van der Waals surface area (Å²) in [6.07, 6.45) is 9.95. The first-order chi connectivity index (χ1) is 9.75. The quantitative estimate of drug-likeness (QED) is 0.874. The second-order valence-electron chi connectivity index (χ2n) is 6.64. The fourth-order valence-electron chi connectivity index (χ4n) is 4.23. The molecule has 0 heterocycles. The van der Waals surface area contributed by atoms with Gasteiger partial charge in [0.2, 0.25) is 0 Å². The summed E-state index contributed by atoms with van der Waals surface area (Å²) in [5.74, 6) is 1.00. The molecule has 3 rings (SSSR count). The van der Waals surface area contributed by atoms with E-state index in [0.717, 1.165) is 5.75 Å². The third kappa shape index (κ3) is 2.46. The standard InChI is InChI=1S/C18H27NO/c1-14(15-8-4-5-9-16(15)20-2)19-17-10-13-18(17)11-6-3-7-12-18/h4-5,8-9,14,17,19H,3,6-7,10-13H2,1-2H3/t14-,17?/m0/s1. The van der Waals surface area contributed by atoms with Gasteiger partial charge in [0.15, 0.2) is 0 Å². The van der Waals surface area contributed by atoms with Crippen LogP contribution in [-0.4, -0.2) is 13.2 Å². The second-order valence-corrected chi connectivity index (χ2v) is 6.64. The molecule has 2 atom stereocenters. The van der Waals surface area contributed by atoms with Gasteiger partial charge < -0.3 is 10.1 Å². The van der Waals surface area contributed by atoms with Gasteiger partial charge in [-0.2, -0.15) is 0 Å². The minimum absolute atomic E-state index is 0.371. The van der Waals surface area contributed by atoms with Gasteiger partial charge >= 0.3 is 0 Å². The van der Waals surface area contributed by atoms with Crippen LogP contribution in [0, 0.1) is 5.41 Å². The molecule has 2 fully saturated rings. The molecule has 0 bridgehead atoms. The van der Waals surface area contributed by atoms with Gasteiger partial charge in [-0.05, 0) is 44.1 Å². The summed E-state index contributed by atoms with van der Waals surface area (Å²) in [5, 5.41) is 3.89. The van der Waals surface area contributed by atoms with Crippen molar-refractivity contribution in [1.29, 1.82) is 0 Å². The Morgan fingerprint density at radius 2 is 1.90 bits per heavy atom. The summed E-state index contributed by atoms with van der Waals surface area (Å²) in [5.41, 5.74) is 1.90. The summed E-state index contributed by atoms with van der Waals surface area (Å²) in [7, 11) is 1.76. The van der Waals surface area contributed by atoms with Crippen molar-refractivity contribution in [3.05, 3.63) is 29.8 Å². The summed E-state index contributed by atoms with van der Waals surface area (Å²) >= 11 is 0. The monoisotopic (exact) mass is 273 g/mol. The lowest BCUT2D eigenvalue weighted by atomic mass is 9.57. The topological polar surface area (TPSA) is 21.3 Å². The molecule has 2 heteroatoms. The molecule has 20 heavy (non-hydrogen) atoms. The molecule has 1 N–H and O–H groups in total. The third-order valence-corrected chi connectivity index (χ3v) is 5.58. The lowest BCUT2D eigenvalue weighted by Crippen LogP contribution is -2.54. The Morgan fingerprint density at radius 1 is 1.15 bits per heavy atom. The van der Waals surface area contributed by atoms with Crippen LogP contribution < -0.4 is 10.1 Å². The zero-order valence-electron chi connectivity index (χ0n) is 12.8. The summed E-state index contributed by atoms with van der Waals surface area (Å²) in [4.78, 5) is 0. The molecule has 1 spiro atoms. The van der Waals surface area contributed by atoms with Crippen LogP contribution in [0.25, 0.3) is 0 Å². The molecule has 0 aliphatic heterocycles. The highest BCUT2D eigenvalue weighted by Crippen LogP contribution is 2.52. The van der Waals surface area contributed by atoms with E-state index in [1.807, 2.05) is 6.07 Å². The van der Waals surface area contributed by atoms with E-state index in [1.54, 1.807) is 7.11 Å². The molecule has 0 radical (unpaired) electrons. The SMILES string of the molecule is COc1ccccc1[C@H](C)NC1CCC12CCCCC2. The second kappa shape index (κ2) is 5.77. The molecule has 1 aromatic rings. The Hall–Kier alpha value is -1.02. The van der Waals surface area contributed by atoms with Crippen LogP contribution in [0.5, 0.6) is 5.75 Å². The normalized spacial score (nSPS) is 26.0. The van der Waals surface area contributed by atoms with Crippen molar-refractivity contribution in [1.82, 2.24) is 5.32 Å². The van der Waals surface area contributed by atoms with Crippen molar-refractivity contribution in [3.8, 4) is 5.75 Å². The van der Waals surface area contributed by atoms with Crippen LogP contribution >= 0.6 is 0 Å². The molecule has 2 nitrogen and oxygen atoms in total. The fourth-order valence-corrected chi connectivity index (χ4v) is 4.23. The van der Waals surface area contributed by atoms with Crippen molar-refractivity contribution in [2.45, 2.75) is 64.0 Å². The number of rotatable bonds is 4. The van der Waals surface area contributed by atoms with Gasteiger partial charge in [0.1, 0.15) is 5.75 Å². The van der Waals surface area contributed by atoms with Gasteiger partial charge in [0, 0.05) is 17.6 Å². The maximum absolute atomic E-state index is 5.50. The summed E-state index contributed by atoms with van der Waals surface area (Å²) in [6, 6.07) is 9.47. The van der Waals surface area contributed by atoms with E-state index in [9.17, 15) is 0 Å². The predicted octanol–water partition coefficient (Wildman–Crippen LogP) is 4.46. The van der Waals surface area contributed by atoms with Crippen LogP contribution in [0.4, 0.5) is 0 Å². The largest absolute Gasteiger partial charge is 0.496 e. The van der Waals surface area contributed by atoms with E-state index < -0.39 is 0 Å². The van der Waals surface area contributed by atoms with Crippen LogP contribution in [0.1, 0.15) is 63.5 Å². The molecule has 1 aromatic carbocycles. The number of hydrogen-bond donors (Lipinski definition) is 1. The highest BCUT2D eigenvalue weighted by molar-refractivity contribution is 5.35. The molecule has 2 aliphatic carbocycles. The van der Waals surface area contributed by atoms with E-state index >= 15 is 0 Å². The number of benzene rings is 1. The smallest absolute Gasteiger partial charge is 0.123 e. The first-order valence-electron chi connectivity index (χ1n) is 8.14. The molecule has 0 aromatic heterocycles. The van der Waals surface area contributed by atoms with Gasteiger partial charge in [0.25, 0.3) is 0 Å². The molecule has 2 aliphatic rings. The van der Waals surface area contributed by atoms with Gasteiger partial charge in [-0.25, -0.2) is 0 Å². The van der Waals surface area contributed by atoms with Gasteiger partial charge in [0.05, 0.1) is 7.11 Å². The Kier molecular flexibility index (Phi) is 4.02. The fraction of sp³-hybridized carbons (Fsp3) is 0.667. The lowest BCUT2D eigenvalue weighted by Gasteiger charge is -2.53. The summed E-state index contributed by atoms with van der Waals surface area (Å²) in [6.45, 7) is 2.27. The number of nitrogens with one attached hydrogen (secondary N) is 1. The Morgan fingerprint density at radius 3 is 2.55 bits per heavy atom. The first kappa shape index (κ1) is 13.9. The van der Waals surface area contributed by atoms with E-state index in [-0.39, 0.29) is 0 Å². The van der Waals surface area contributed by atoms with E-state index in [4.69, 9.17) is 4.74 Å². The zero-order chi connectivity index (χ0) is 14.0. The molecular weight excluding hydrogens is 246 g/mol. The van der Waals surface area contributed by atoms with E-state index in [0.29, 0.717) is 17.5 Å². The van der Waals surface area contributed by atoms with Gasteiger partial charge in [-0.15, -0.1) is 0 Å². The number of methoxy groups -OCH3 is 1. The molecule has 0 amide bonds. The van der Waals surface area contributed by atoms with Crippen LogP contribution in [0.2, 0.25) is 0 Å². The van der Waals surface area contributed by atoms with Crippen molar-refractivity contribution in [2.75, 3.05) is 7.11 Å². The van der Waals surface area contributed by atoms with Crippen LogP contribution in [0.3, 0.4) is 0 Å². The molecule has 110 valence electrons. The lowest BCUT2D eigenvalue weighted by molar-refractivity contribution is 0.0173. The highest BCUT2D eigenvalue weighted by atomic mass is 16.5. The highest BCUT2D eigenvalue weighted by Gasteiger charge is 2.47. The average Bonchev–Trinajstić information content (AvgIpc) is 2.52. The van der Waals surface area contributed by atoms with E-state index in [1.165, 1.54) is 50.5 Å². The number of hydrogen-bond acceptors (Lipinski definition) is 2.